The molecule has 0 amide bonds. The van der Waals surface area contributed by atoms with Gasteiger partial charge >= 0.3 is 5.97 Å². The van der Waals surface area contributed by atoms with E-state index in [0.29, 0.717) is 26.2 Å². The van der Waals surface area contributed by atoms with Crippen molar-refractivity contribution < 1.29 is 18.3 Å². The minimum absolute atomic E-state index is 0.384. The number of hydrogen-bond acceptors (Lipinski definition) is 5. The van der Waals surface area contributed by atoms with Crippen molar-refractivity contribution in [2.75, 3.05) is 26.2 Å². The molecule has 1 aliphatic carbocycles. The normalized spacial score (nSPS) is 31.1. The first-order valence-corrected chi connectivity index (χ1v) is 9.38. The number of carbonyl (C=O) groups is 1. The Hall–Kier alpha value is -1.52. The van der Waals surface area contributed by atoms with Gasteiger partial charge in [-0.25, -0.2) is 10.1 Å². The molecule has 1 saturated carbocycles. The van der Waals surface area contributed by atoms with Crippen molar-refractivity contribution in [2.45, 2.75) is 18.4 Å². The van der Waals surface area contributed by atoms with Crippen LogP contribution < -0.4 is 10.5 Å². The summed E-state index contributed by atoms with van der Waals surface area (Å²) in [6, 6.07) is 9.13. The average molecular weight is 354 g/mol. The van der Waals surface area contributed by atoms with Crippen LogP contribution in [-0.4, -0.2) is 60.6 Å². The van der Waals surface area contributed by atoms with Gasteiger partial charge in [0.2, 0.25) is 0 Å². The van der Waals surface area contributed by atoms with E-state index < -0.39 is 27.6 Å². The van der Waals surface area contributed by atoms with Crippen LogP contribution in [0.1, 0.15) is 18.4 Å². The van der Waals surface area contributed by atoms with E-state index in [0.717, 1.165) is 9.98 Å². The molecule has 2 aliphatic rings. The topological polar surface area (TPSA) is 116 Å². The lowest BCUT2D eigenvalue weighted by molar-refractivity contribution is -0.150. The van der Waals surface area contributed by atoms with E-state index in [2.05, 4.69) is 5.32 Å². The SMILES string of the molecule is C[C@@H]1[C@H](c2ccccc2)[C@@]1(C(=O)O)N(N1CCNCC1)S(N)(=O)=O. The van der Waals surface area contributed by atoms with E-state index in [9.17, 15) is 18.3 Å². The second kappa shape index (κ2) is 6.08. The van der Waals surface area contributed by atoms with Crippen molar-refractivity contribution in [3.05, 3.63) is 35.9 Å². The van der Waals surface area contributed by atoms with Gasteiger partial charge in [0, 0.05) is 32.1 Å². The Kier molecular flexibility index (Phi) is 4.39. The zero-order valence-electron chi connectivity index (χ0n) is 13.4. The van der Waals surface area contributed by atoms with Gasteiger partial charge in [-0.2, -0.15) is 8.42 Å². The number of nitrogens with one attached hydrogen (secondary N) is 1. The third kappa shape index (κ3) is 2.62. The second-order valence-electron chi connectivity index (χ2n) is 6.30. The molecule has 4 N–H and O–H groups in total. The number of rotatable bonds is 5. The first-order chi connectivity index (χ1) is 11.3. The largest absolute Gasteiger partial charge is 0.480 e. The molecule has 9 heteroatoms. The smallest absolute Gasteiger partial charge is 0.327 e. The maximum Gasteiger partial charge on any atom is 0.327 e. The average Bonchev–Trinajstić information content (AvgIpc) is 3.14. The molecule has 132 valence electrons. The standard InChI is InChI=1S/C15H22N4O4S/c1-11-13(12-5-3-2-4-6-12)15(11,14(20)21)19(24(16,22)23)18-9-7-17-8-10-18/h2-6,11,13,17H,7-10H2,1H3,(H,20,21)(H2,16,22,23)/t11-,13-,15+/m1/s1. The summed E-state index contributed by atoms with van der Waals surface area (Å²) in [4.78, 5) is 12.2. The quantitative estimate of drug-likeness (QED) is 0.661. The molecule has 8 nitrogen and oxygen atoms in total. The monoisotopic (exact) mass is 354 g/mol. The summed E-state index contributed by atoms with van der Waals surface area (Å²) in [6.45, 7) is 3.68. The minimum Gasteiger partial charge on any atom is -0.480 e. The molecule has 1 aromatic rings. The van der Waals surface area contributed by atoms with E-state index in [-0.39, 0.29) is 5.92 Å². The maximum absolute atomic E-state index is 12.3. The van der Waals surface area contributed by atoms with Crippen LogP contribution in [-0.2, 0) is 15.0 Å². The van der Waals surface area contributed by atoms with Crippen molar-refractivity contribution in [1.82, 2.24) is 14.7 Å². The summed E-state index contributed by atoms with van der Waals surface area (Å²) >= 11 is 0. The molecule has 0 unspecified atom stereocenters. The molecular weight excluding hydrogens is 332 g/mol. The van der Waals surface area contributed by atoms with Gasteiger partial charge in [0.25, 0.3) is 10.2 Å². The molecule has 1 heterocycles. The number of hydrazine groups is 1. The van der Waals surface area contributed by atoms with Crippen molar-refractivity contribution in [3.8, 4) is 0 Å². The Morgan fingerprint density at radius 3 is 2.42 bits per heavy atom. The number of piperazine rings is 1. The zero-order valence-corrected chi connectivity index (χ0v) is 14.2. The first kappa shape index (κ1) is 17.3. The molecule has 2 fully saturated rings. The number of nitrogens with two attached hydrogens (primary N) is 1. The lowest BCUT2D eigenvalue weighted by Crippen LogP contribution is -2.63. The van der Waals surface area contributed by atoms with Gasteiger partial charge in [0.15, 0.2) is 5.54 Å². The molecule has 0 aromatic heterocycles. The van der Waals surface area contributed by atoms with Crippen LogP contribution in [0.15, 0.2) is 30.3 Å². The van der Waals surface area contributed by atoms with E-state index >= 15 is 0 Å². The number of benzene rings is 1. The van der Waals surface area contributed by atoms with Crippen LogP contribution in [0.3, 0.4) is 0 Å². The maximum atomic E-state index is 12.3. The van der Waals surface area contributed by atoms with E-state index in [1.165, 1.54) is 0 Å². The fourth-order valence-corrected chi connectivity index (χ4v) is 5.15. The van der Waals surface area contributed by atoms with E-state index in [1.54, 1.807) is 11.9 Å². The van der Waals surface area contributed by atoms with Gasteiger partial charge in [0.05, 0.1) is 0 Å². The molecule has 3 atom stereocenters. The number of carboxylic acid groups (broad SMARTS) is 1. The summed E-state index contributed by atoms with van der Waals surface area (Å²) < 4.78 is 25.6. The fraction of sp³-hybridized carbons (Fsp3) is 0.533. The summed E-state index contributed by atoms with van der Waals surface area (Å²) in [5.74, 6) is -1.99. The zero-order chi connectivity index (χ0) is 17.5. The van der Waals surface area contributed by atoms with Gasteiger partial charge in [-0.05, 0) is 11.5 Å². The molecule has 24 heavy (non-hydrogen) atoms. The number of aliphatic carboxylic acids is 1. The molecule has 0 radical (unpaired) electrons. The van der Waals surface area contributed by atoms with Crippen LogP contribution in [0.25, 0.3) is 0 Å². The second-order valence-corrected chi connectivity index (χ2v) is 7.67. The number of nitrogens with zero attached hydrogens (tertiary/aromatic N) is 2. The summed E-state index contributed by atoms with van der Waals surface area (Å²) in [6.07, 6.45) is 0. The summed E-state index contributed by atoms with van der Waals surface area (Å²) in [5.41, 5.74) is -0.775. The van der Waals surface area contributed by atoms with Crippen molar-refractivity contribution >= 4 is 16.2 Å². The van der Waals surface area contributed by atoms with Crippen LogP contribution in [0, 0.1) is 5.92 Å². The molecule has 1 saturated heterocycles. The van der Waals surface area contributed by atoms with Crippen LogP contribution in [0.5, 0.6) is 0 Å². The fourth-order valence-electron chi connectivity index (χ4n) is 3.89. The Morgan fingerprint density at radius 2 is 1.92 bits per heavy atom. The highest BCUT2D eigenvalue weighted by Gasteiger charge is 2.75. The van der Waals surface area contributed by atoms with Gasteiger partial charge in [-0.15, -0.1) is 4.41 Å². The molecular formula is C15H22N4O4S. The Balaban J connectivity index is 2.07. The van der Waals surface area contributed by atoms with Crippen LogP contribution >= 0.6 is 0 Å². The highest BCUT2D eigenvalue weighted by atomic mass is 32.2. The van der Waals surface area contributed by atoms with Crippen LogP contribution in [0.4, 0.5) is 0 Å². The lowest BCUT2D eigenvalue weighted by atomic mass is 10.1. The highest BCUT2D eigenvalue weighted by Crippen LogP contribution is 2.62. The highest BCUT2D eigenvalue weighted by molar-refractivity contribution is 7.86. The van der Waals surface area contributed by atoms with Gasteiger partial charge in [-0.3, -0.25) is 4.79 Å². The molecule has 1 aromatic carbocycles. The minimum atomic E-state index is -4.23. The van der Waals surface area contributed by atoms with Gasteiger partial charge < -0.3 is 10.4 Å². The Morgan fingerprint density at radius 1 is 1.33 bits per heavy atom. The molecule has 0 bridgehead atoms. The van der Waals surface area contributed by atoms with Crippen molar-refractivity contribution in [2.24, 2.45) is 11.1 Å². The Labute approximate surface area is 141 Å². The number of hydrogen-bond donors (Lipinski definition) is 3. The van der Waals surface area contributed by atoms with Crippen molar-refractivity contribution in [3.63, 3.8) is 0 Å². The first-order valence-electron chi connectivity index (χ1n) is 7.88. The Bertz CT molecular complexity index is 720. The third-order valence-electron chi connectivity index (χ3n) is 4.97. The van der Waals surface area contributed by atoms with Gasteiger partial charge in [-0.1, -0.05) is 37.3 Å². The van der Waals surface area contributed by atoms with Gasteiger partial charge in [0.1, 0.15) is 0 Å². The predicted octanol–water partition coefficient (Wildman–Crippen LogP) is -0.431. The summed E-state index contributed by atoms with van der Waals surface area (Å²) in [7, 11) is -4.23. The molecule has 1 aliphatic heterocycles. The van der Waals surface area contributed by atoms with E-state index in [1.807, 2.05) is 30.3 Å². The van der Waals surface area contributed by atoms with E-state index in [4.69, 9.17) is 5.14 Å². The lowest BCUT2D eigenvalue weighted by Gasteiger charge is -2.39. The van der Waals surface area contributed by atoms with Crippen LogP contribution in [0.2, 0.25) is 0 Å². The third-order valence-corrected chi connectivity index (χ3v) is 5.98. The summed E-state index contributed by atoms with van der Waals surface area (Å²) in [5, 5.41) is 20.1. The molecule has 3 rings (SSSR count). The van der Waals surface area contributed by atoms with Crippen molar-refractivity contribution in [1.29, 1.82) is 0 Å². The predicted molar refractivity (Wildman–Crippen MR) is 88.1 cm³/mol. The molecule has 0 spiro atoms. The number of carboxylic acids is 1.